The molecule has 11 nitrogen and oxygen atoms in total. The maximum absolute atomic E-state index is 14.3. The molecule has 1 aromatic heterocycles. The summed E-state index contributed by atoms with van der Waals surface area (Å²) >= 11 is 0. The number of rotatable bonds is 9. The highest BCUT2D eigenvalue weighted by Gasteiger charge is 2.31. The second-order valence-corrected chi connectivity index (χ2v) is 13.8. The van der Waals surface area contributed by atoms with Crippen molar-refractivity contribution in [2.45, 2.75) is 69.9 Å². The van der Waals surface area contributed by atoms with Gasteiger partial charge in [-0.3, -0.25) is 14.4 Å². The Morgan fingerprint density at radius 1 is 1.16 bits per heavy atom. The van der Waals surface area contributed by atoms with Crippen LogP contribution >= 0.6 is 0 Å². The molecule has 0 saturated carbocycles. The lowest BCUT2D eigenvalue weighted by atomic mass is 10.0. The van der Waals surface area contributed by atoms with E-state index in [1.54, 1.807) is 35.6 Å². The van der Waals surface area contributed by atoms with E-state index in [0.717, 1.165) is 25.8 Å². The molecule has 0 radical (unpaired) electrons. The van der Waals surface area contributed by atoms with E-state index in [0.29, 0.717) is 25.4 Å². The summed E-state index contributed by atoms with van der Waals surface area (Å²) in [5.41, 5.74) is 1.63. The fourth-order valence-electron chi connectivity index (χ4n) is 5.45. The molecule has 4 rings (SSSR count). The number of carbonyl (C=O) groups excluding carboxylic acids is 1. The number of aliphatic hydroxyl groups is 1. The van der Waals surface area contributed by atoms with E-state index >= 15 is 0 Å². The number of fused-ring (bicyclic) bond motifs is 1. The topological polar surface area (TPSA) is 126 Å². The monoisotopic (exact) mass is 641 g/mol. The van der Waals surface area contributed by atoms with Gasteiger partial charge in [0.2, 0.25) is 0 Å². The fraction of sp³-hybridized carbons (Fsp3) is 0.515. The van der Waals surface area contributed by atoms with Gasteiger partial charge in [0.25, 0.3) is 15.9 Å². The van der Waals surface area contributed by atoms with E-state index in [-0.39, 0.29) is 46.9 Å². The first kappa shape index (κ1) is 34.4. The Hall–Kier alpha value is -3.45. The zero-order valence-electron chi connectivity index (χ0n) is 26.9. The van der Waals surface area contributed by atoms with Crippen LogP contribution in [0, 0.1) is 5.92 Å². The number of likely N-dealkylation sites (N-methyl/N-ethyl adjacent to an activating group) is 1. The number of aromatic nitrogens is 2. The first-order valence-electron chi connectivity index (χ1n) is 15.5. The molecular formula is C33H47N5O6S. The SMILES string of the molecule is C[C@@H]1CN([C@H](C)CO)C(=O)c2cc(NS(=O)(=O)c3cn(C)cn3)ccc2O[C@@H](C)CCCCO[C@H]1CN(C)Cc1ccccc1. The van der Waals surface area contributed by atoms with Gasteiger partial charge in [0, 0.05) is 51.1 Å². The van der Waals surface area contributed by atoms with Crippen LogP contribution in [0.4, 0.5) is 5.69 Å². The third-order valence-electron chi connectivity index (χ3n) is 8.05. The molecule has 1 aliphatic rings. The third-order valence-corrected chi connectivity index (χ3v) is 9.31. The minimum Gasteiger partial charge on any atom is -0.490 e. The molecule has 0 unspecified atom stereocenters. The van der Waals surface area contributed by atoms with Crippen molar-refractivity contribution in [3.8, 4) is 5.75 Å². The van der Waals surface area contributed by atoms with Crippen LogP contribution in [0.25, 0.3) is 0 Å². The van der Waals surface area contributed by atoms with Crippen molar-refractivity contribution in [2.24, 2.45) is 13.0 Å². The van der Waals surface area contributed by atoms with Gasteiger partial charge in [0.15, 0.2) is 5.03 Å². The maximum atomic E-state index is 14.3. The van der Waals surface area contributed by atoms with Gasteiger partial charge in [-0.2, -0.15) is 8.42 Å². The van der Waals surface area contributed by atoms with Crippen molar-refractivity contribution in [1.29, 1.82) is 0 Å². The summed E-state index contributed by atoms with van der Waals surface area (Å²) in [4.78, 5) is 22.1. The minimum absolute atomic E-state index is 0.0711. The van der Waals surface area contributed by atoms with E-state index < -0.39 is 16.1 Å². The molecule has 1 aliphatic heterocycles. The smallest absolute Gasteiger partial charge is 0.280 e. The highest BCUT2D eigenvalue weighted by molar-refractivity contribution is 7.92. The Kier molecular flexibility index (Phi) is 12.0. The van der Waals surface area contributed by atoms with E-state index in [4.69, 9.17) is 9.47 Å². The number of amides is 1. The van der Waals surface area contributed by atoms with Gasteiger partial charge in [-0.25, -0.2) is 4.98 Å². The standard InChI is InChI=1S/C33H47N5O6S/c1-24-18-38(25(2)22-39)33(40)29-17-28(35-45(41,42)32-21-37(5)23-34-32)14-15-30(29)44-26(3)11-9-10-16-43-31(24)20-36(4)19-27-12-7-6-8-13-27/h6-8,12-15,17,21,23-26,31,35,39H,9-11,16,18-20,22H2,1-5H3/t24-,25-,26+,31+/m1/s1. The van der Waals surface area contributed by atoms with Crippen LogP contribution in [0.5, 0.6) is 5.75 Å². The quantitative estimate of drug-likeness (QED) is 0.357. The number of nitrogens with zero attached hydrogens (tertiary/aromatic N) is 4. The van der Waals surface area contributed by atoms with Gasteiger partial charge >= 0.3 is 0 Å². The lowest BCUT2D eigenvalue weighted by molar-refractivity contribution is -0.0177. The molecule has 0 fully saturated rings. The molecule has 3 aromatic rings. The average Bonchev–Trinajstić information content (AvgIpc) is 3.46. The predicted octanol–water partition coefficient (Wildman–Crippen LogP) is 4.15. The number of hydrogen-bond donors (Lipinski definition) is 2. The van der Waals surface area contributed by atoms with Crippen molar-refractivity contribution in [2.75, 3.05) is 38.1 Å². The van der Waals surface area contributed by atoms with Gasteiger partial charge in [0.05, 0.1) is 36.7 Å². The largest absolute Gasteiger partial charge is 0.490 e. The number of carbonyl (C=O) groups is 1. The molecular weight excluding hydrogens is 594 g/mol. The maximum Gasteiger partial charge on any atom is 0.280 e. The van der Waals surface area contributed by atoms with Crippen molar-refractivity contribution in [1.82, 2.24) is 19.4 Å². The Morgan fingerprint density at radius 3 is 2.60 bits per heavy atom. The highest BCUT2D eigenvalue weighted by atomic mass is 32.2. The molecule has 0 spiro atoms. The number of imidazole rings is 1. The summed E-state index contributed by atoms with van der Waals surface area (Å²) in [7, 11) is -0.239. The molecule has 246 valence electrons. The molecule has 0 aliphatic carbocycles. The van der Waals surface area contributed by atoms with Crippen molar-refractivity contribution < 1.29 is 27.8 Å². The summed E-state index contributed by atoms with van der Waals surface area (Å²) in [6.45, 7) is 7.93. The fourth-order valence-corrected chi connectivity index (χ4v) is 6.48. The van der Waals surface area contributed by atoms with Gasteiger partial charge in [-0.05, 0) is 63.9 Å². The van der Waals surface area contributed by atoms with E-state index in [2.05, 4.69) is 40.7 Å². The van der Waals surface area contributed by atoms with Crippen LogP contribution in [-0.4, -0.2) is 90.4 Å². The summed E-state index contributed by atoms with van der Waals surface area (Å²) in [6.07, 6.45) is 4.98. The van der Waals surface area contributed by atoms with Crippen molar-refractivity contribution >= 4 is 21.6 Å². The van der Waals surface area contributed by atoms with Crippen LogP contribution < -0.4 is 9.46 Å². The van der Waals surface area contributed by atoms with Crippen molar-refractivity contribution in [3.05, 3.63) is 72.2 Å². The van der Waals surface area contributed by atoms with Crippen molar-refractivity contribution in [3.63, 3.8) is 0 Å². The third kappa shape index (κ3) is 9.52. The molecule has 4 atom stereocenters. The predicted molar refractivity (Wildman–Crippen MR) is 174 cm³/mol. The number of aliphatic hydroxyl groups excluding tert-OH is 1. The molecule has 1 amide bonds. The first-order valence-corrected chi connectivity index (χ1v) is 17.0. The van der Waals surface area contributed by atoms with Crippen LogP contribution in [0.1, 0.15) is 56.0 Å². The second-order valence-electron chi connectivity index (χ2n) is 12.2. The number of aryl methyl sites for hydroxylation is 1. The molecule has 2 N–H and O–H groups in total. The summed E-state index contributed by atoms with van der Waals surface area (Å²) in [5.74, 6) is -0.0697. The van der Waals surface area contributed by atoms with E-state index in [1.807, 2.05) is 25.1 Å². The molecule has 45 heavy (non-hydrogen) atoms. The minimum atomic E-state index is -3.99. The zero-order valence-corrected chi connectivity index (χ0v) is 27.7. The molecule has 0 saturated heterocycles. The van der Waals surface area contributed by atoms with Crippen LogP contribution in [0.3, 0.4) is 0 Å². The number of anilines is 1. The van der Waals surface area contributed by atoms with Gasteiger partial charge < -0.3 is 24.0 Å². The second kappa shape index (κ2) is 15.7. The molecule has 0 bridgehead atoms. The summed E-state index contributed by atoms with van der Waals surface area (Å²) < 4.78 is 42.9. The van der Waals surface area contributed by atoms with Gasteiger partial charge in [-0.15, -0.1) is 0 Å². The van der Waals surface area contributed by atoms with E-state index in [9.17, 15) is 18.3 Å². The first-order chi connectivity index (χ1) is 21.5. The number of hydrogen-bond acceptors (Lipinski definition) is 8. The highest BCUT2D eigenvalue weighted by Crippen LogP contribution is 2.29. The number of sulfonamides is 1. The Balaban J connectivity index is 1.64. The molecule has 12 heteroatoms. The lowest BCUT2D eigenvalue weighted by Gasteiger charge is -2.36. The summed E-state index contributed by atoms with van der Waals surface area (Å²) in [6, 6.07) is 14.5. The zero-order chi connectivity index (χ0) is 32.6. The Morgan fingerprint density at radius 2 is 1.91 bits per heavy atom. The average molecular weight is 642 g/mol. The number of benzene rings is 2. The normalized spacial score (nSPS) is 21.1. The van der Waals surface area contributed by atoms with Crippen LogP contribution in [-0.2, 0) is 28.4 Å². The van der Waals surface area contributed by atoms with Crippen LogP contribution in [0.2, 0.25) is 0 Å². The van der Waals surface area contributed by atoms with Gasteiger partial charge in [0.1, 0.15) is 5.75 Å². The van der Waals surface area contributed by atoms with Gasteiger partial charge in [-0.1, -0.05) is 37.3 Å². The molecule has 2 heterocycles. The summed E-state index contributed by atoms with van der Waals surface area (Å²) in [5, 5.41) is 10.1. The number of nitrogens with one attached hydrogen (secondary N) is 1. The Bertz CT molecular complexity index is 1500. The molecule has 2 aromatic carbocycles. The van der Waals surface area contributed by atoms with Crippen LogP contribution in [0.15, 0.2) is 66.1 Å². The Labute approximate surface area is 267 Å². The van der Waals surface area contributed by atoms with E-state index in [1.165, 1.54) is 24.2 Å². The lowest BCUT2D eigenvalue weighted by Crippen LogP contribution is -2.47. The number of ether oxygens (including phenoxy) is 2.